The summed E-state index contributed by atoms with van der Waals surface area (Å²) in [4.78, 5) is 0. The fourth-order valence-corrected chi connectivity index (χ4v) is 3.09. The minimum Gasteiger partial charge on any atom is -0.486 e. The fourth-order valence-electron chi connectivity index (χ4n) is 3.09. The smallest absolute Gasteiger partial charge is 0.453 e. The summed E-state index contributed by atoms with van der Waals surface area (Å²) in [6, 6.07) is 8.44. The molecule has 0 amide bonds. The maximum Gasteiger partial charge on any atom is 0.453 e. The fraction of sp³-hybridized carbons (Fsp3) is 0.389. The van der Waals surface area contributed by atoms with Crippen LogP contribution >= 0.6 is 0 Å². The van der Waals surface area contributed by atoms with Crippen LogP contribution in [0.15, 0.2) is 30.3 Å². The van der Waals surface area contributed by atoms with E-state index in [0.717, 1.165) is 5.56 Å². The third-order valence-electron chi connectivity index (χ3n) is 4.41. The van der Waals surface area contributed by atoms with E-state index in [-0.39, 0.29) is 23.4 Å². The van der Waals surface area contributed by atoms with Crippen LogP contribution in [0.5, 0.6) is 11.5 Å². The number of fused-ring (bicyclic) bond motifs is 2. The van der Waals surface area contributed by atoms with E-state index >= 15 is 0 Å². The minimum atomic E-state index is -4.64. The molecule has 10 heteroatoms. The molecule has 0 unspecified atom stereocenters. The van der Waals surface area contributed by atoms with Crippen molar-refractivity contribution < 1.29 is 22.6 Å². The van der Waals surface area contributed by atoms with Crippen molar-refractivity contribution in [1.82, 2.24) is 19.8 Å². The van der Waals surface area contributed by atoms with Gasteiger partial charge in [0.05, 0.1) is 6.04 Å². The van der Waals surface area contributed by atoms with E-state index in [1.807, 2.05) is 32.0 Å². The number of halogens is 3. The first-order chi connectivity index (χ1) is 13.3. The molecule has 3 aromatic rings. The molecule has 28 heavy (non-hydrogen) atoms. The molecule has 2 aromatic heterocycles. The second kappa shape index (κ2) is 6.84. The van der Waals surface area contributed by atoms with Crippen molar-refractivity contribution in [3.8, 4) is 11.5 Å². The van der Waals surface area contributed by atoms with Crippen LogP contribution in [0, 0.1) is 5.92 Å². The Kier molecular flexibility index (Phi) is 4.48. The number of hydrogen-bond donors (Lipinski definition) is 1. The van der Waals surface area contributed by atoms with Gasteiger partial charge in [0.25, 0.3) is 5.82 Å². The third kappa shape index (κ3) is 3.41. The highest BCUT2D eigenvalue weighted by atomic mass is 19.4. The van der Waals surface area contributed by atoms with Crippen molar-refractivity contribution in [3.63, 3.8) is 0 Å². The lowest BCUT2D eigenvalue weighted by Gasteiger charge is -2.25. The van der Waals surface area contributed by atoms with E-state index in [1.165, 1.54) is 6.07 Å². The Morgan fingerprint density at radius 1 is 1.04 bits per heavy atom. The van der Waals surface area contributed by atoms with E-state index < -0.39 is 12.0 Å². The van der Waals surface area contributed by atoms with Gasteiger partial charge in [-0.3, -0.25) is 0 Å². The molecule has 0 radical (unpaired) electrons. The molecule has 0 saturated heterocycles. The van der Waals surface area contributed by atoms with Gasteiger partial charge in [0.15, 0.2) is 17.1 Å². The van der Waals surface area contributed by atoms with E-state index in [9.17, 15) is 13.2 Å². The number of benzene rings is 1. The topological polar surface area (TPSA) is 73.6 Å². The molecule has 1 aliphatic rings. The van der Waals surface area contributed by atoms with Gasteiger partial charge in [-0.25, -0.2) is 0 Å². The van der Waals surface area contributed by atoms with Crippen molar-refractivity contribution >= 4 is 11.5 Å². The average Bonchev–Trinajstić information content (AvgIpc) is 3.09. The van der Waals surface area contributed by atoms with E-state index in [1.54, 1.807) is 6.07 Å². The zero-order valence-electron chi connectivity index (χ0n) is 15.2. The van der Waals surface area contributed by atoms with Crippen LogP contribution in [0.1, 0.15) is 31.3 Å². The largest absolute Gasteiger partial charge is 0.486 e. The van der Waals surface area contributed by atoms with Gasteiger partial charge in [0.2, 0.25) is 0 Å². The predicted molar refractivity (Wildman–Crippen MR) is 94.4 cm³/mol. The van der Waals surface area contributed by atoms with Gasteiger partial charge < -0.3 is 14.8 Å². The highest BCUT2D eigenvalue weighted by Gasteiger charge is 2.37. The van der Waals surface area contributed by atoms with Gasteiger partial charge in [0.1, 0.15) is 19.0 Å². The lowest BCUT2D eigenvalue weighted by atomic mass is 9.95. The SMILES string of the molecule is CC(C)[C@H](Nc1ccc2nnc(C(F)(F)F)n2n1)c1ccc2c(c1)OCCO2. The van der Waals surface area contributed by atoms with Gasteiger partial charge >= 0.3 is 6.18 Å². The molecule has 0 aliphatic carbocycles. The van der Waals surface area contributed by atoms with E-state index in [2.05, 4.69) is 20.6 Å². The summed E-state index contributed by atoms with van der Waals surface area (Å²) in [7, 11) is 0. The summed E-state index contributed by atoms with van der Waals surface area (Å²) in [5.74, 6) is 0.579. The summed E-state index contributed by atoms with van der Waals surface area (Å²) in [5, 5.41) is 14.0. The van der Waals surface area contributed by atoms with Crippen LogP contribution < -0.4 is 14.8 Å². The second-order valence-corrected chi connectivity index (χ2v) is 6.78. The third-order valence-corrected chi connectivity index (χ3v) is 4.41. The Morgan fingerprint density at radius 3 is 2.50 bits per heavy atom. The highest BCUT2D eigenvalue weighted by molar-refractivity contribution is 5.49. The molecule has 148 valence electrons. The molecule has 0 fully saturated rings. The van der Waals surface area contributed by atoms with Crippen molar-refractivity contribution in [2.24, 2.45) is 5.92 Å². The number of rotatable bonds is 4. The summed E-state index contributed by atoms with van der Waals surface area (Å²) < 4.78 is 51.1. The van der Waals surface area contributed by atoms with Crippen LogP contribution in [0.2, 0.25) is 0 Å². The first kappa shape index (κ1) is 18.3. The maximum atomic E-state index is 13.1. The van der Waals surface area contributed by atoms with E-state index in [0.29, 0.717) is 29.2 Å². The molecular formula is C18H18F3N5O2. The normalized spacial score (nSPS) is 15.1. The molecule has 0 spiro atoms. The number of nitrogens with zero attached hydrogens (tertiary/aromatic N) is 4. The van der Waals surface area contributed by atoms with Gasteiger partial charge in [-0.2, -0.15) is 17.7 Å². The van der Waals surface area contributed by atoms with Crippen LogP contribution in [-0.4, -0.2) is 33.0 Å². The number of anilines is 1. The monoisotopic (exact) mass is 393 g/mol. The molecule has 7 nitrogen and oxygen atoms in total. The zero-order chi connectivity index (χ0) is 19.9. The number of hydrogen-bond acceptors (Lipinski definition) is 6. The van der Waals surface area contributed by atoms with Gasteiger partial charge in [0, 0.05) is 0 Å². The van der Waals surface area contributed by atoms with Gasteiger partial charge in [-0.05, 0) is 35.7 Å². The van der Waals surface area contributed by atoms with Crippen molar-refractivity contribution in [2.75, 3.05) is 18.5 Å². The van der Waals surface area contributed by atoms with Crippen molar-refractivity contribution in [1.29, 1.82) is 0 Å². The average molecular weight is 393 g/mol. The number of nitrogens with one attached hydrogen (secondary N) is 1. The second-order valence-electron chi connectivity index (χ2n) is 6.78. The Bertz CT molecular complexity index is 1000. The lowest BCUT2D eigenvalue weighted by Crippen LogP contribution is -2.20. The minimum absolute atomic E-state index is 0.0262. The maximum absolute atomic E-state index is 13.1. The Labute approximate surface area is 158 Å². The lowest BCUT2D eigenvalue weighted by molar-refractivity contribution is -0.146. The number of alkyl halides is 3. The molecule has 4 rings (SSSR count). The summed E-state index contributed by atoms with van der Waals surface area (Å²) in [6.45, 7) is 4.99. The van der Waals surface area contributed by atoms with Gasteiger partial charge in [-0.15, -0.1) is 15.3 Å². The zero-order valence-corrected chi connectivity index (χ0v) is 15.2. The summed E-state index contributed by atoms with van der Waals surface area (Å²) >= 11 is 0. The molecule has 1 aliphatic heterocycles. The highest BCUT2D eigenvalue weighted by Crippen LogP contribution is 2.35. The summed E-state index contributed by atoms with van der Waals surface area (Å²) in [6.07, 6.45) is -4.64. The first-order valence-corrected chi connectivity index (χ1v) is 8.78. The number of aromatic nitrogens is 4. The van der Waals surface area contributed by atoms with Crippen molar-refractivity contribution in [3.05, 3.63) is 41.7 Å². The van der Waals surface area contributed by atoms with Crippen LogP contribution in [0.3, 0.4) is 0 Å². The molecule has 0 bridgehead atoms. The number of ether oxygens (including phenoxy) is 2. The molecule has 3 heterocycles. The van der Waals surface area contributed by atoms with Crippen LogP contribution in [0.4, 0.5) is 19.0 Å². The standard InChI is InChI=1S/C18H18F3N5O2/c1-10(2)16(11-3-4-12-13(9-11)28-8-7-27-12)22-14-5-6-15-23-24-17(18(19,20)21)26(15)25-14/h3-6,9-10,16H,7-8H2,1-2H3,(H,22,25)/t16-/m0/s1. The first-order valence-electron chi connectivity index (χ1n) is 8.78. The van der Waals surface area contributed by atoms with Crippen LogP contribution in [-0.2, 0) is 6.18 Å². The molecule has 0 saturated carbocycles. The van der Waals surface area contributed by atoms with E-state index in [4.69, 9.17) is 9.47 Å². The van der Waals surface area contributed by atoms with Gasteiger partial charge in [-0.1, -0.05) is 19.9 Å². The quantitative estimate of drug-likeness (QED) is 0.728. The molecular weight excluding hydrogens is 375 g/mol. The Morgan fingerprint density at radius 2 is 1.79 bits per heavy atom. The van der Waals surface area contributed by atoms with Crippen LogP contribution in [0.25, 0.3) is 5.65 Å². The Balaban J connectivity index is 1.67. The molecule has 1 atom stereocenters. The molecule has 1 aromatic carbocycles. The molecule has 1 N–H and O–H groups in total. The van der Waals surface area contributed by atoms with Crippen molar-refractivity contribution in [2.45, 2.75) is 26.1 Å². The predicted octanol–water partition coefficient (Wildman–Crippen LogP) is 3.72. The Hall–Kier alpha value is -3.04. The summed E-state index contributed by atoms with van der Waals surface area (Å²) in [5.41, 5.74) is 0.944.